The molecule has 0 aliphatic rings. The second kappa shape index (κ2) is 5.40. The van der Waals surface area contributed by atoms with Gasteiger partial charge in [-0.15, -0.1) is 0 Å². The third-order valence-electron chi connectivity index (χ3n) is 3.12. The molecule has 2 N–H and O–H groups in total. The van der Waals surface area contributed by atoms with Crippen molar-refractivity contribution in [2.24, 2.45) is 12.8 Å². The molecule has 0 fully saturated rings. The summed E-state index contributed by atoms with van der Waals surface area (Å²) in [4.78, 5) is 0. The Morgan fingerprint density at radius 1 is 1.47 bits per heavy atom. The Bertz CT molecular complexity index is 580. The van der Waals surface area contributed by atoms with E-state index in [2.05, 4.69) is 5.10 Å². The van der Waals surface area contributed by atoms with Gasteiger partial charge in [0.05, 0.1) is 24.5 Å². The Morgan fingerprint density at radius 3 is 2.79 bits per heavy atom. The van der Waals surface area contributed by atoms with E-state index in [0.717, 1.165) is 11.4 Å². The van der Waals surface area contributed by atoms with Crippen LogP contribution < -0.4 is 10.5 Å². The van der Waals surface area contributed by atoms with Crippen LogP contribution >= 0.6 is 0 Å². The van der Waals surface area contributed by atoms with Crippen LogP contribution in [0.15, 0.2) is 24.3 Å². The van der Waals surface area contributed by atoms with E-state index in [0.29, 0.717) is 12.0 Å². The standard InChI is InChI=1S/C14H18FN3O/c1-9-7-12(18(2)17-9)11(16)8-10-5-4-6-13(19-3)14(10)15/h4-7,11H,8,16H2,1-3H3. The summed E-state index contributed by atoms with van der Waals surface area (Å²) in [7, 11) is 3.29. The largest absolute Gasteiger partial charge is 0.494 e. The minimum absolute atomic E-state index is 0.242. The second-order valence-electron chi connectivity index (χ2n) is 4.58. The Morgan fingerprint density at radius 2 is 2.21 bits per heavy atom. The summed E-state index contributed by atoms with van der Waals surface area (Å²) in [6.07, 6.45) is 0.405. The van der Waals surface area contributed by atoms with E-state index in [1.807, 2.05) is 20.0 Å². The maximum absolute atomic E-state index is 14.1. The first-order valence-corrected chi connectivity index (χ1v) is 6.10. The zero-order chi connectivity index (χ0) is 14.0. The minimum atomic E-state index is -0.348. The quantitative estimate of drug-likeness (QED) is 0.919. The van der Waals surface area contributed by atoms with Gasteiger partial charge in [0.25, 0.3) is 0 Å². The number of aryl methyl sites for hydroxylation is 2. The van der Waals surface area contributed by atoms with Crippen molar-refractivity contribution in [1.29, 1.82) is 0 Å². The van der Waals surface area contributed by atoms with Gasteiger partial charge in [-0.1, -0.05) is 12.1 Å². The second-order valence-corrected chi connectivity index (χ2v) is 4.58. The van der Waals surface area contributed by atoms with Crippen LogP contribution in [0, 0.1) is 12.7 Å². The molecule has 0 amide bonds. The molecular formula is C14H18FN3O. The van der Waals surface area contributed by atoms with Crippen LogP contribution in [0.1, 0.15) is 23.0 Å². The number of rotatable bonds is 4. The van der Waals surface area contributed by atoms with Crippen molar-refractivity contribution in [2.45, 2.75) is 19.4 Å². The van der Waals surface area contributed by atoms with Crippen molar-refractivity contribution < 1.29 is 9.13 Å². The van der Waals surface area contributed by atoms with Gasteiger partial charge in [0.2, 0.25) is 0 Å². The zero-order valence-electron chi connectivity index (χ0n) is 11.4. The van der Waals surface area contributed by atoms with E-state index in [1.165, 1.54) is 7.11 Å². The summed E-state index contributed by atoms with van der Waals surface area (Å²) in [5.74, 6) is -0.106. The summed E-state index contributed by atoms with van der Waals surface area (Å²) in [6, 6.07) is 6.70. The zero-order valence-corrected chi connectivity index (χ0v) is 11.4. The first-order chi connectivity index (χ1) is 9.02. The smallest absolute Gasteiger partial charge is 0.168 e. The molecular weight excluding hydrogens is 245 g/mol. The molecule has 1 unspecified atom stereocenters. The highest BCUT2D eigenvalue weighted by atomic mass is 19.1. The summed E-state index contributed by atoms with van der Waals surface area (Å²) in [6.45, 7) is 1.91. The highest BCUT2D eigenvalue weighted by Crippen LogP contribution is 2.24. The van der Waals surface area contributed by atoms with Gasteiger partial charge in [-0.2, -0.15) is 5.10 Å². The molecule has 0 aliphatic carbocycles. The van der Waals surface area contributed by atoms with Crippen molar-refractivity contribution in [3.05, 3.63) is 47.0 Å². The van der Waals surface area contributed by atoms with Crippen molar-refractivity contribution in [2.75, 3.05) is 7.11 Å². The Labute approximate surface area is 112 Å². The predicted molar refractivity (Wildman–Crippen MR) is 71.5 cm³/mol. The van der Waals surface area contributed by atoms with Crippen molar-refractivity contribution in [3.8, 4) is 5.75 Å². The normalized spacial score (nSPS) is 12.5. The highest BCUT2D eigenvalue weighted by Gasteiger charge is 2.16. The molecule has 19 heavy (non-hydrogen) atoms. The molecule has 0 saturated carbocycles. The molecule has 2 aromatic rings. The van der Waals surface area contributed by atoms with E-state index >= 15 is 0 Å². The monoisotopic (exact) mass is 263 g/mol. The third-order valence-corrected chi connectivity index (χ3v) is 3.12. The molecule has 2 rings (SSSR count). The summed E-state index contributed by atoms with van der Waals surface area (Å²) < 4.78 is 20.8. The summed E-state index contributed by atoms with van der Waals surface area (Å²) in [5, 5.41) is 4.25. The van der Waals surface area contributed by atoms with E-state index in [-0.39, 0.29) is 17.6 Å². The van der Waals surface area contributed by atoms with Gasteiger partial charge in [0.1, 0.15) is 0 Å². The lowest BCUT2D eigenvalue weighted by Gasteiger charge is -2.13. The third kappa shape index (κ3) is 2.76. The van der Waals surface area contributed by atoms with E-state index in [9.17, 15) is 4.39 Å². The number of aromatic nitrogens is 2. The van der Waals surface area contributed by atoms with Crippen LogP contribution in [0.5, 0.6) is 5.75 Å². The van der Waals surface area contributed by atoms with Gasteiger partial charge in [-0.25, -0.2) is 4.39 Å². The number of benzene rings is 1. The SMILES string of the molecule is COc1cccc(CC(N)c2cc(C)nn2C)c1F. The first-order valence-electron chi connectivity index (χ1n) is 6.10. The van der Waals surface area contributed by atoms with Crippen LogP contribution in [-0.2, 0) is 13.5 Å². The number of halogens is 1. The van der Waals surface area contributed by atoms with Crippen LogP contribution in [-0.4, -0.2) is 16.9 Å². The maximum atomic E-state index is 14.1. The Kier molecular flexibility index (Phi) is 3.85. The number of nitrogens with two attached hydrogens (primary N) is 1. The number of nitrogens with zero attached hydrogens (tertiary/aromatic N) is 2. The van der Waals surface area contributed by atoms with Crippen LogP contribution in [0.2, 0.25) is 0 Å². The van der Waals surface area contributed by atoms with Crippen molar-refractivity contribution in [3.63, 3.8) is 0 Å². The van der Waals surface area contributed by atoms with Gasteiger partial charge >= 0.3 is 0 Å². The molecule has 0 bridgehead atoms. The topological polar surface area (TPSA) is 53.1 Å². The first kappa shape index (κ1) is 13.5. The predicted octanol–water partition coefficient (Wildman–Crippen LogP) is 2.12. The summed E-state index contributed by atoms with van der Waals surface area (Å²) in [5.41, 5.74) is 8.47. The van der Waals surface area contributed by atoms with Crippen LogP contribution in [0.3, 0.4) is 0 Å². The van der Waals surface area contributed by atoms with E-state index in [4.69, 9.17) is 10.5 Å². The van der Waals surface area contributed by atoms with E-state index < -0.39 is 0 Å². The van der Waals surface area contributed by atoms with Gasteiger partial charge < -0.3 is 10.5 Å². The average Bonchev–Trinajstić information content (AvgIpc) is 2.71. The molecule has 5 heteroatoms. The molecule has 1 aromatic heterocycles. The molecule has 1 atom stereocenters. The molecule has 102 valence electrons. The summed E-state index contributed by atoms with van der Waals surface area (Å²) >= 11 is 0. The fourth-order valence-electron chi connectivity index (χ4n) is 2.19. The molecule has 1 heterocycles. The van der Waals surface area contributed by atoms with Crippen molar-refractivity contribution >= 4 is 0 Å². The van der Waals surface area contributed by atoms with Gasteiger partial charge in [0.15, 0.2) is 11.6 Å². The van der Waals surface area contributed by atoms with Gasteiger partial charge in [0, 0.05) is 7.05 Å². The molecule has 1 aromatic carbocycles. The van der Waals surface area contributed by atoms with Gasteiger partial charge in [-0.3, -0.25) is 4.68 Å². The molecule has 0 saturated heterocycles. The fraction of sp³-hybridized carbons (Fsp3) is 0.357. The lowest BCUT2D eigenvalue weighted by Crippen LogP contribution is -2.17. The number of methoxy groups -OCH3 is 1. The minimum Gasteiger partial charge on any atom is -0.494 e. The lowest BCUT2D eigenvalue weighted by molar-refractivity contribution is 0.383. The Hall–Kier alpha value is -1.88. The van der Waals surface area contributed by atoms with Gasteiger partial charge in [-0.05, 0) is 31.0 Å². The number of hydrogen-bond donors (Lipinski definition) is 1. The van der Waals surface area contributed by atoms with Crippen LogP contribution in [0.25, 0.3) is 0 Å². The molecule has 0 aliphatic heterocycles. The fourth-order valence-corrected chi connectivity index (χ4v) is 2.19. The molecule has 0 spiro atoms. The molecule has 0 radical (unpaired) electrons. The Balaban J connectivity index is 2.24. The van der Waals surface area contributed by atoms with Crippen molar-refractivity contribution in [1.82, 2.24) is 9.78 Å². The van der Waals surface area contributed by atoms with Crippen LogP contribution in [0.4, 0.5) is 4.39 Å². The number of ether oxygens (including phenoxy) is 1. The lowest BCUT2D eigenvalue weighted by atomic mass is 10.0. The average molecular weight is 263 g/mol. The highest BCUT2D eigenvalue weighted by molar-refractivity contribution is 5.32. The molecule has 4 nitrogen and oxygen atoms in total. The van der Waals surface area contributed by atoms with E-state index in [1.54, 1.807) is 22.9 Å². The number of hydrogen-bond acceptors (Lipinski definition) is 3. The maximum Gasteiger partial charge on any atom is 0.168 e.